The number of furan rings is 2. The minimum atomic E-state index is 0.904. The fraction of sp³-hybridized carbons (Fsp3) is 0. The molecule has 0 atom stereocenters. The Morgan fingerprint density at radius 2 is 0.673 bits per heavy atom. The van der Waals surface area contributed by atoms with E-state index in [4.69, 9.17) is 8.83 Å². The van der Waals surface area contributed by atoms with Crippen LogP contribution in [0.1, 0.15) is 0 Å². The zero-order valence-electron chi connectivity index (χ0n) is 29.8. The lowest BCUT2D eigenvalue weighted by Crippen LogP contribution is -2.09. The van der Waals surface area contributed by atoms with Gasteiger partial charge in [-0.1, -0.05) is 127 Å². The van der Waals surface area contributed by atoms with Gasteiger partial charge in [-0.05, 0) is 117 Å². The van der Waals surface area contributed by atoms with Crippen LogP contribution in [0.2, 0.25) is 0 Å². The van der Waals surface area contributed by atoms with Crippen LogP contribution in [0.15, 0.2) is 209 Å². The first-order valence-corrected chi connectivity index (χ1v) is 18.7. The Morgan fingerprint density at radius 1 is 0.273 bits per heavy atom. The summed E-state index contributed by atoms with van der Waals surface area (Å²) in [5.74, 6) is 0. The second kappa shape index (κ2) is 12.6. The molecule has 3 heteroatoms. The Kier molecular flexibility index (Phi) is 7.17. The molecular formula is C52H33NO2. The maximum absolute atomic E-state index is 6.11. The van der Waals surface area contributed by atoms with Crippen LogP contribution < -0.4 is 4.90 Å². The number of rotatable bonds is 6. The van der Waals surface area contributed by atoms with E-state index >= 15 is 0 Å². The second-order valence-electron chi connectivity index (χ2n) is 14.1. The van der Waals surface area contributed by atoms with Crippen molar-refractivity contribution in [1.82, 2.24) is 0 Å². The van der Waals surface area contributed by atoms with Crippen LogP contribution in [-0.4, -0.2) is 0 Å². The average molecular weight is 704 g/mol. The van der Waals surface area contributed by atoms with Gasteiger partial charge in [0.1, 0.15) is 22.3 Å². The van der Waals surface area contributed by atoms with Gasteiger partial charge in [-0.3, -0.25) is 0 Å². The summed E-state index contributed by atoms with van der Waals surface area (Å²) in [4.78, 5) is 2.33. The summed E-state index contributed by atoms with van der Waals surface area (Å²) in [6, 6.07) is 71.2. The molecule has 0 radical (unpaired) electrons. The highest BCUT2D eigenvalue weighted by Crippen LogP contribution is 2.40. The lowest BCUT2D eigenvalue weighted by molar-refractivity contribution is 0.668. The standard InChI is InChI=1S/C52H33NO2/c1-2-10-43-36(8-1)9-7-13-44(43)37-20-28-42(29-21-37)53(40-24-16-34(17-25-40)38-22-30-51-47(32-38)45-11-3-5-14-49(45)54-51)41-26-18-35(19-27-41)39-23-31-52-48(33-39)46-12-4-6-15-50(46)55-52/h1-33H. The highest BCUT2D eigenvalue weighted by molar-refractivity contribution is 6.07. The summed E-state index contributed by atoms with van der Waals surface area (Å²) in [7, 11) is 0. The van der Waals surface area contributed by atoms with Crippen molar-refractivity contribution >= 4 is 71.7 Å². The topological polar surface area (TPSA) is 29.5 Å². The fourth-order valence-corrected chi connectivity index (χ4v) is 8.13. The molecule has 0 unspecified atom stereocenters. The van der Waals surface area contributed by atoms with E-state index in [-0.39, 0.29) is 0 Å². The molecule has 0 N–H and O–H groups in total. The third-order valence-corrected chi connectivity index (χ3v) is 10.9. The van der Waals surface area contributed by atoms with E-state index in [1.807, 2.05) is 24.3 Å². The summed E-state index contributed by atoms with van der Waals surface area (Å²) in [6.45, 7) is 0. The molecule has 0 aliphatic rings. The number of fused-ring (bicyclic) bond motifs is 7. The lowest BCUT2D eigenvalue weighted by Gasteiger charge is -2.26. The Bertz CT molecular complexity index is 3020. The molecule has 0 spiro atoms. The molecule has 0 aliphatic heterocycles. The summed E-state index contributed by atoms with van der Waals surface area (Å²) in [5.41, 5.74) is 13.9. The lowest BCUT2D eigenvalue weighted by atomic mass is 9.98. The van der Waals surface area contributed by atoms with Crippen molar-refractivity contribution in [1.29, 1.82) is 0 Å². The van der Waals surface area contributed by atoms with Crippen LogP contribution in [0, 0.1) is 0 Å². The molecule has 0 fully saturated rings. The van der Waals surface area contributed by atoms with Gasteiger partial charge in [0.25, 0.3) is 0 Å². The Morgan fingerprint density at radius 3 is 1.20 bits per heavy atom. The van der Waals surface area contributed by atoms with Gasteiger partial charge < -0.3 is 13.7 Å². The normalized spacial score (nSPS) is 11.6. The molecule has 0 bridgehead atoms. The number of benzene rings is 9. The molecule has 11 aromatic rings. The number of hydrogen-bond donors (Lipinski definition) is 0. The Hall–Kier alpha value is -7.36. The van der Waals surface area contributed by atoms with Gasteiger partial charge in [-0.2, -0.15) is 0 Å². The summed E-state index contributed by atoms with van der Waals surface area (Å²) in [5, 5.41) is 7.02. The van der Waals surface area contributed by atoms with Gasteiger partial charge in [0.05, 0.1) is 0 Å². The largest absolute Gasteiger partial charge is 0.456 e. The Labute approximate surface area is 317 Å². The molecular weight excluding hydrogens is 671 g/mol. The van der Waals surface area contributed by atoms with Crippen molar-refractivity contribution in [3.63, 3.8) is 0 Å². The van der Waals surface area contributed by atoms with Gasteiger partial charge in [-0.25, -0.2) is 0 Å². The van der Waals surface area contributed by atoms with Crippen molar-refractivity contribution in [2.45, 2.75) is 0 Å². The first-order valence-electron chi connectivity index (χ1n) is 18.7. The SMILES string of the molecule is c1ccc2c(-c3ccc(N(c4ccc(-c5ccc6oc7ccccc7c6c5)cc4)c4ccc(-c5ccc6oc7ccccc7c6c5)cc4)cc3)cccc2c1. The molecule has 3 nitrogen and oxygen atoms in total. The van der Waals surface area contributed by atoms with Crippen LogP contribution in [0.3, 0.4) is 0 Å². The summed E-state index contributed by atoms with van der Waals surface area (Å²) >= 11 is 0. The number of anilines is 3. The molecule has 258 valence electrons. The monoisotopic (exact) mass is 703 g/mol. The predicted molar refractivity (Wildman–Crippen MR) is 229 cm³/mol. The minimum Gasteiger partial charge on any atom is -0.456 e. The van der Waals surface area contributed by atoms with Gasteiger partial charge in [0.2, 0.25) is 0 Å². The van der Waals surface area contributed by atoms with Gasteiger partial charge in [-0.15, -0.1) is 0 Å². The van der Waals surface area contributed by atoms with Crippen molar-refractivity contribution in [2.24, 2.45) is 0 Å². The van der Waals surface area contributed by atoms with Crippen molar-refractivity contribution < 1.29 is 8.83 Å². The van der Waals surface area contributed by atoms with Gasteiger partial charge >= 0.3 is 0 Å². The van der Waals surface area contributed by atoms with E-state index in [0.717, 1.165) is 83.2 Å². The van der Waals surface area contributed by atoms with E-state index in [1.54, 1.807) is 0 Å². The third kappa shape index (κ3) is 5.36. The minimum absolute atomic E-state index is 0.904. The zero-order valence-corrected chi connectivity index (χ0v) is 29.8. The quantitative estimate of drug-likeness (QED) is 0.173. The van der Waals surface area contributed by atoms with Crippen molar-refractivity contribution in [3.05, 3.63) is 200 Å². The van der Waals surface area contributed by atoms with Gasteiger partial charge in [0.15, 0.2) is 0 Å². The molecule has 11 rings (SSSR count). The van der Waals surface area contributed by atoms with Crippen LogP contribution in [0.5, 0.6) is 0 Å². The van der Waals surface area contributed by atoms with Crippen molar-refractivity contribution in [2.75, 3.05) is 4.90 Å². The maximum atomic E-state index is 6.11. The summed E-state index contributed by atoms with van der Waals surface area (Å²) in [6.07, 6.45) is 0. The Balaban J connectivity index is 0.980. The van der Waals surface area contributed by atoms with E-state index < -0.39 is 0 Å². The maximum Gasteiger partial charge on any atom is 0.135 e. The van der Waals surface area contributed by atoms with Crippen LogP contribution in [-0.2, 0) is 0 Å². The van der Waals surface area contributed by atoms with Crippen LogP contribution in [0.25, 0.3) is 88.0 Å². The number of para-hydroxylation sites is 2. The molecule has 55 heavy (non-hydrogen) atoms. The van der Waals surface area contributed by atoms with E-state index in [1.165, 1.54) is 21.9 Å². The molecule has 2 heterocycles. The summed E-state index contributed by atoms with van der Waals surface area (Å²) < 4.78 is 12.2. The predicted octanol–water partition coefficient (Wildman–Crippen LogP) is 15.1. The van der Waals surface area contributed by atoms with E-state index in [9.17, 15) is 0 Å². The average Bonchev–Trinajstić information content (AvgIpc) is 3.82. The smallest absolute Gasteiger partial charge is 0.135 e. The molecule has 0 amide bonds. The fourth-order valence-electron chi connectivity index (χ4n) is 8.13. The zero-order chi connectivity index (χ0) is 36.3. The van der Waals surface area contributed by atoms with Crippen molar-refractivity contribution in [3.8, 4) is 33.4 Å². The molecule has 9 aromatic carbocycles. The molecule has 0 saturated carbocycles. The van der Waals surface area contributed by atoms with Gasteiger partial charge in [0, 0.05) is 38.6 Å². The second-order valence-corrected chi connectivity index (χ2v) is 14.1. The van der Waals surface area contributed by atoms with E-state index in [0.29, 0.717) is 0 Å². The third-order valence-electron chi connectivity index (χ3n) is 10.9. The number of hydrogen-bond acceptors (Lipinski definition) is 3. The highest BCUT2D eigenvalue weighted by Gasteiger charge is 2.16. The molecule has 0 saturated heterocycles. The molecule has 0 aliphatic carbocycles. The first kappa shape index (κ1) is 31.2. The number of nitrogens with zero attached hydrogens (tertiary/aromatic N) is 1. The first-order chi connectivity index (χ1) is 27.2. The van der Waals surface area contributed by atoms with Crippen LogP contribution >= 0.6 is 0 Å². The van der Waals surface area contributed by atoms with Crippen LogP contribution in [0.4, 0.5) is 17.1 Å². The van der Waals surface area contributed by atoms with E-state index in [2.05, 4.69) is 181 Å². The highest BCUT2D eigenvalue weighted by atomic mass is 16.3. The molecule has 2 aromatic heterocycles.